The van der Waals surface area contributed by atoms with Crippen LogP contribution >= 0.6 is 0 Å². The van der Waals surface area contributed by atoms with Gasteiger partial charge >= 0.3 is 12.1 Å². The SMILES string of the molecule is COc1ccc(OC)c(NC(=O)COC(=O)C2CCN(C(=O)OC(C)(C)C)CC2)c1. The van der Waals surface area contributed by atoms with Crippen molar-refractivity contribution in [2.45, 2.75) is 39.2 Å². The monoisotopic (exact) mass is 422 g/mol. The number of amides is 2. The molecule has 166 valence electrons. The summed E-state index contributed by atoms with van der Waals surface area (Å²) in [4.78, 5) is 38.2. The van der Waals surface area contributed by atoms with E-state index in [4.69, 9.17) is 18.9 Å². The number of hydrogen-bond donors (Lipinski definition) is 1. The van der Waals surface area contributed by atoms with Gasteiger partial charge in [0.05, 0.1) is 25.8 Å². The van der Waals surface area contributed by atoms with Crippen molar-refractivity contribution in [1.29, 1.82) is 0 Å². The van der Waals surface area contributed by atoms with Crippen molar-refractivity contribution in [2.75, 3.05) is 39.2 Å². The molecule has 1 aliphatic heterocycles. The molecule has 0 radical (unpaired) electrons. The minimum absolute atomic E-state index is 0.358. The third kappa shape index (κ3) is 6.82. The second kappa shape index (κ2) is 10.2. The van der Waals surface area contributed by atoms with Crippen LogP contribution in [0.25, 0.3) is 0 Å². The predicted octanol–water partition coefficient (Wildman–Crippen LogP) is 2.83. The van der Waals surface area contributed by atoms with Crippen molar-refractivity contribution in [1.82, 2.24) is 4.90 Å². The van der Waals surface area contributed by atoms with Crippen molar-refractivity contribution >= 4 is 23.7 Å². The third-order valence-corrected chi connectivity index (χ3v) is 4.51. The summed E-state index contributed by atoms with van der Waals surface area (Å²) in [7, 11) is 3.00. The maximum Gasteiger partial charge on any atom is 0.410 e. The lowest BCUT2D eigenvalue weighted by molar-refractivity contribution is -0.153. The number of likely N-dealkylation sites (tertiary alicyclic amines) is 1. The van der Waals surface area contributed by atoms with Crippen molar-refractivity contribution in [3.63, 3.8) is 0 Å². The number of ether oxygens (including phenoxy) is 4. The number of esters is 1. The largest absolute Gasteiger partial charge is 0.497 e. The first-order valence-corrected chi connectivity index (χ1v) is 9.79. The van der Waals surface area contributed by atoms with Crippen LogP contribution < -0.4 is 14.8 Å². The number of nitrogens with zero attached hydrogens (tertiary/aromatic N) is 1. The maximum absolute atomic E-state index is 12.3. The summed E-state index contributed by atoms with van der Waals surface area (Å²) in [6.45, 7) is 5.82. The number of piperidine rings is 1. The van der Waals surface area contributed by atoms with Gasteiger partial charge in [-0.05, 0) is 45.7 Å². The molecule has 2 amide bonds. The van der Waals surface area contributed by atoms with E-state index in [2.05, 4.69) is 5.32 Å². The van der Waals surface area contributed by atoms with Crippen LogP contribution in [0.2, 0.25) is 0 Å². The molecule has 1 fully saturated rings. The molecular weight excluding hydrogens is 392 g/mol. The van der Waals surface area contributed by atoms with Gasteiger partial charge in [-0.15, -0.1) is 0 Å². The second-order valence-corrected chi connectivity index (χ2v) is 7.96. The zero-order chi connectivity index (χ0) is 22.3. The van der Waals surface area contributed by atoms with Crippen molar-refractivity contribution < 1.29 is 33.3 Å². The molecule has 2 rings (SSSR count). The van der Waals surface area contributed by atoms with Crippen molar-refractivity contribution in [2.24, 2.45) is 5.92 Å². The lowest BCUT2D eigenvalue weighted by Crippen LogP contribution is -2.43. The number of nitrogens with one attached hydrogen (secondary N) is 1. The van der Waals surface area contributed by atoms with Gasteiger partial charge in [-0.25, -0.2) is 4.79 Å². The Balaban J connectivity index is 1.80. The molecule has 0 atom stereocenters. The third-order valence-electron chi connectivity index (χ3n) is 4.51. The zero-order valence-corrected chi connectivity index (χ0v) is 18.1. The molecule has 9 heteroatoms. The first-order chi connectivity index (χ1) is 14.1. The smallest absolute Gasteiger partial charge is 0.410 e. The summed E-state index contributed by atoms with van der Waals surface area (Å²) < 4.78 is 20.8. The summed E-state index contributed by atoms with van der Waals surface area (Å²) in [5, 5.41) is 2.65. The number of benzene rings is 1. The van der Waals surface area contributed by atoms with Crippen LogP contribution in [0, 0.1) is 5.92 Å². The Labute approximate surface area is 176 Å². The van der Waals surface area contributed by atoms with Gasteiger partial charge in [-0.2, -0.15) is 0 Å². The summed E-state index contributed by atoms with van der Waals surface area (Å²) in [6.07, 6.45) is 0.535. The van der Waals surface area contributed by atoms with Crippen LogP contribution in [-0.4, -0.2) is 62.4 Å². The topological polar surface area (TPSA) is 103 Å². The molecule has 0 unspecified atom stereocenters. The van der Waals surface area contributed by atoms with Crippen LogP contribution in [0.3, 0.4) is 0 Å². The van der Waals surface area contributed by atoms with Crippen LogP contribution in [-0.2, 0) is 19.1 Å². The lowest BCUT2D eigenvalue weighted by atomic mass is 9.97. The molecule has 1 aromatic rings. The lowest BCUT2D eigenvalue weighted by Gasteiger charge is -2.32. The van der Waals surface area contributed by atoms with Crippen molar-refractivity contribution in [3.05, 3.63) is 18.2 Å². The van der Waals surface area contributed by atoms with Gasteiger partial charge in [-0.1, -0.05) is 0 Å². The molecule has 0 aliphatic carbocycles. The number of rotatable bonds is 6. The summed E-state index contributed by atoms with van der Waals surface area (Å²) in [5.74, 6) is -0.277. The zero-order valence-electron chi connectivity index (χ0n) is 18.1. The summed E-state index contributed by atoms with van der Waals surface area (Å²) >= 11 is 0. The molecule has 1 aliphatic rings. The van der Waals surface area contributed by atoms with E-state index >= 15 is 0 Å². The Kier molecular flexibility index (Phi) is 7.91. The average Bonchev–Trinajstić information content (AvgIpc) is 2.70. The fourth-order valence-electron chi connectivity index (χ4n) is 2.98. The molecular formula is C21H30N2O7. The summed E-state index contributed by atoms with van der Waals surface area (Å²) in [6, 6.07) is 4.99. The fourth-order valence-corrected chi connectivity index (χ4v) is 2.98. The highest BCUT2D eigenvalue weighted by Crippen LogP contribution is 2.29. The Morgan fingerprint density at radius 2 is 1.77 bits per heavy atom. The van der Waals surface area contributed by atoms with E-state index in [0.29, 0.717) is 43.1 Å². The maximum atomic E-state index is 12.3. The minimum atomic E-state index is -0.564. The van der Waals surface area contributed by atoms with Gasteiger partial charge in [0.15, 0.2) is 6.61 Å². The Morgan fingerprint density at radius 1 is 1.10 bits per heavy atom. The second-order valence-electron chi connectivity index (χ2n) is 7.96. The van der Waals surface area contributed by atoms with E-state index in [1.807, 2.05) is 0 Å². The number of anilines is 1. The van der Waals surface area contributed by atoms with Gasteiger partial charge in [-0.3, -0.25) is 9.59 Å². The fraction of sp³-hybridized carbons (Fsp3) is 0.571. The Hall–Kier alpha value is -2.97. The van der Waals surface area contributed by atoms with E-state index in [0.717, 1.165) is 0 Å². The molecule has 0 bridgehead atoms. The normalized spacial score (nSPS) is 14.6. The minimum Gasteiger partial charge on any atom is -0.497 e. The Morgan fingerprint density at radius 3 is 2.33 bits per heavy atom. The highest BCUT2D eigenvalue weighted by atomic mass is 16.6. The van der Waals surface area contributed by atoms with Crippen LogP contribution in [0.15, 0.2) is 18.2 Å². The van der Waals surface area contributed by atoms with Gasteiger partial charge in [0.1, 0.15) is 17.1 Å². The molecule has 0 spiro atoms. The van der Waals surface area contributed by atoms with Crippen LogP contribution in [0.4, 0.5) is 10.5 Å². The highest BCUT2D eigenvalue weighted by molar-refractivity contribution is 5.94. The van der Waals surface area contributed by atoms with Crippen LogP contribution in [0.5, 0.6) is 11.5 Å². The van der Waals surface area contributed by atoms with Gasteiger partial charge < -0.3 is 29.2 Å². The predicted molar refractivity (Wildman–Crippen MR) is 110 cm³/mol. The van der Waals surface area contributed by atoms with E-state index in [1.54, 1.807) is 43.9 Å². The van der Waals surface area contributed by atoms with Crippen molar-refractivity contribution in [3.8, 4) is 11.5 Å². The molecule has 30 heavy (non-hydrogen) atoms. The van der Waals surface area contributed by atoms with Gasteiger partial charge in [0.25, 0.3) is 5.91 Å². The number of carbonyl (C=O) groups is 3. The molecule has 0 aromatic heterocycles. The van der Waals surface area contributed by atoms with E-state index in [-0.39, 0.29) is 12.0 Å². The van der Waals surface area contributed by atoms with E-state index < -0.39 is 24.1 Å². The molecule has 1 N–H and O–H groups in total. The summed E-state index contributed by atoms with van der Waals surface area (Å²) in [5.41, 5.74) is -0.144. The molecule has 1 aromatic carbocycles. The standard InChI is InChI=1S/C21H30N2O7/c1-21(2,3)30-20(26)23-10-8-14(9-11-23)19(25)29-13-18(24)22-16-12-15(27-4)6-7-17(16)28-5/h6-7,12,14H,8-11,13H2,1-5H3,(H,22,24). The quantitative estimate of drug-likeness (QED) is 0.703. The number of carbonyl (C=O) groups excluding carboxylic acids is 3. The number of methoxy groups -OCH3 is 2. The number of hydrogen-bond acceptors (Lipinski definition) is 7. The average molecular weight is 422 g/mol. The molecule has 9 nitrogen and oxygen atoms in total. The first-order valence-electron chi connectivity index (χ1n) is 9.79. The molecule has 1 saturated heterocycles. The van der Waals surface area contributed by atoms with Crippen LogP contribution in [0.1, 0.15) is 33.6 Å². The van der Waals surface area contributed by atoms with Gasteiger partial charge in [0.2, 0.25) is 0 Å². The molecule has 0 saturated carbocycles. The highest BCUT2D eigenvalue weighted by Gasteiger charge is 2.31. The van der Waals surface area contributed by atoms with E-state index in [1.165, 1.54) is 14.2 Å². The first kappa shape index (κ1) is 23.3. The van der Waals surface area contributed by atoms with E-state index in [9.17, 15) is 14.4 Å². The Bertz CT molecular complexity index is 765. The molecule has 1 heterocycles. The van der Waals surface area contributed by atoms with Gasteiger partial charge in [0, 0.05) is 19.2 Å².